The molecule has 0 aliphatic carbocycles. The Kier molecular flexibility index (Phi) is 10.0. The zero-order chi connectivity index (χ0) is 15.6. The lowest BCUT2D eigenvalue weighted by Gasteiger charge is -2.17. The van der Waals surface area contributed by atoms with E-state index in [0.717, 1.165) is 25.7 Å². The van der Waals surface area contributed by atoms with Crippen LogP contribution in [-0.2, 0) is 13.6 Å². The van der Waals surface area contributed by atoms with Crippen molar-refractivity contribution in [3.63, 3.8) is 0 Å². The Morgan fingerprint density at radius 1 is 0.700 bits per heavy atom. The van der Waals surface area contributed by atoms with E-state index in [9.17, 15) is 4.57 Å². The second-order valence-corrected chi connectivity index (χ2v) is 9.06. The van der Waals surface area contributed by atoms with Crippen LogP contribution >= 0.6 is 8.25 Å². The van der Waals surface area contributed by atoms with Gasteiger partial charge in [-0.1, -0.05) is 54.4 Å². The van der Waals surface area contributed by atoms with Gasteiger partial charge in [0, 0.05) is 0 Å². The van der Waals surface area contributed by atoms with E-state index >= 15 is 0 Å². The molecule has 0 saturated carbocycles. The molecule has 0 aromatic carbocycles. The molecule has 0 saturated heterocycles. The third-order valence-corrected chi connectivity index (χ3v) is 3.96. The highest BCUT2D eigenvalue weighted by Gasteiger charge is 2.10. The Hall–Kier alpha value is 0.150. The van der Waals surface area contributed by atoms with Gasteiger partial charge < -0.3 is 9.05 Å². The van der Waals surface area contributed by atoms with Crippen LogP contribution in [-0.4, -0.2) is 13.2 Å². The zero-order valence-electron chi connectivity index (χ0n) is 14.4. The standard InChI is InChI=1S/C16H35O3P/c1-15(2,3)11-7-9-13-18-20(17)19-14-10-8-12-16(4,5)6/h20H,7-14H2,1-6H3. The maximum Gasteiger partial charge on any atom is 0.319 e. The maximum atomic E-state index is 11.5. The largest absolute Gasteiger partial charge is 0.319 e. The normalized spacial score (nSPS) is 13.2. The van der Waals surface area contributed by atoms with Gasteiger partial charge in [-0.25, -0.2) is 0 Å². The maximum absolute atomic E-state index is 11.5. The highest BCUT2D eigenvalue weighted by molar-refractivity contribution is 7.33. The molecule has 0 aromatic heterocycles. The molecule has 0 aromatic rings. The van der Waals surface area contributed by atoms with Crippen LogP contribution in [0.3, 0.4) is 0 Å². The summed E-state index contributed by atoms with van der Waals surface area (Å²) in [6.45, 7) is 14.5. The van der Waals surface area contributed by atoms with E-state index in [0.29, 0.717) is 24.0 Å². The van der Waals surface area contributed by atoms with E-state index in [1.807, 2.05) is 0 Å². The van der Waals surface area contributed by atoms with Crippen molar-refractivity contribution < 1.29 is 13.6 Å². The molecular formula is C16H35O3P. The first-order chi connectivity index (χ1) is 9.10. The smallest absolute Gasteiger partial charge is 0.311 e. The summed E-state index contributed by atoms with van der Waals surface area (Å²) in [4.78, 5) is 0. The molecule has 20 heavy (non-hydrogen) atoms. The monoisotopic (exact) mass is 306 g/mol. The molecule has 0 N–H and O–H groups in total. The molecule has 4 heteroatoms. The van der Waals surface area contributed by atoms with Gasteiger partial charge in [-0.2, -0.15) is 0 Å². The van der Waals surface area contributed by atoms with Gasteiger partial charge in [-0.15, -0.1) is 0 Å². The molecule has 0 atom stereocenters. The predicted octanol–water partition coefficient (Wildman–Crippen LogP) is 5.84. The summed E-state index contributed by atoms with van der Waals surface area (Å²) in [5.41, 5.74) is 0.740. The van der Waals surface area contributed by atoms with Gasteiger partial charge >= 0.3 is 8.25 Å². The van der Waals surface area contributed by atoms with Crippen molar-refractivity contribution in [1.82, 2.24) is 0 Å². The topological polar surface area (TPSA) is 35.5 Å². The van der Waals surface area contributed by atoms with Crippen molar-refractivity contribution in [2.24, 2.45) is 10.8 Å². The van der Waals surface area contributed by atoms with E-state index in [1.54, 1.807) is 0 Å². The van der Waals surface area contributed by atoms with E-state index in [4.69, 9.17) is 9.05 Å². The summed E-state index contributed by atoms with van der Waals surface area (Å²) in [6.07, 6.45) is 6.49. The van der Waals surface area contributed by atoms with E-state index in [2.05, 4.69) is 41.5 Å². The Morgan fingerprint density at radius 3 is 1.35 bits per heavy atom. The molecule has 0 bridgehead atoms. The van der Waals surface area contributed by atoms with Crippen LogP contribution < -0.4 is 0 Å². The lowest BCUT2D eigenvalue weighted by Crippen LogP contribution is -2.05. The van der Waals surface area contributed by atoms with Gasteiger partial charge in [0.25, 0.3) is 0 Å². The van der Waals surface area contributed by atoms with Crippen molar-refractivity contribution in [2.45, 2.75) is 80.1 Å². The number of unbranched alkanes of at least 4 members (excludes halogenated alkanes) is 2. The van der Waals surface area contributed by atoms with Gasteiger partial charge in [-0.05, 0) is 36.5 Å². The van der Waals surface area contributed by atoms with Crippen LogP contribution in [0.25, 0.3) is 0 Å². The SMILES string of the molecule is CC(C)(C)CCCCO[PH](=O)OCCCCC(C)(C)C. The van der Waals surface area contributed by atoms with Crippen molar-refractivity contribution in [3.05, 3.63) is 0 Å². The van der Waals surface area contributed by atoms with Crippen molar-refractivity contribution in [3.8, 4) is 0 Å². The minimum atomic E-state index is -2.27. The van der Waals surface area contributed by atoms with Crippen LogP contribution in [0.5, 0.6) is 0 Å². The molecule has 0 radical (unpaired) electrons. The van der Waals surface area contributed by atoms with Crippen molar-refractivity contribution in [1.29, 1.82) is 0 Å². The highest BCUT2D eigenvalue weighted by Crippen LogP contribution is 2.27. The third-order valence-electron chi connectivity index (χ3n) is 3.08. The summed E-state index contributed by atoms with van der Waals surface area (Å²) in [5, 5.41) is 0. The van der Waals surface area contributed by atoms with E-state index < -0.39 is 8.25 Å². The molecule has 0 fully saturated rings. The summed E-state index contributed by atoms with van der Waals surface area (Å²) in [6, 6.07) is 0. The summed E-state index contributed by atoms with van der Waals surface area (Å²) in [7, 11) is -2.27. The number of rotatable bonds is 10. The fourth-order valence-corrected chi connectivity index (χ4v) is 2.57. The fraction of sp³-hybridized carbons (Fsp3) is 1.00. The van der Waals surface area contributed by atoms with E-state index in [-0.39, 0.29) is 0 Å². The van der Waals surface area contributed by atoms with Crippen LogP contribution in [0.1, 0.15) is 80.1 Å². The predicted molar refractivity (Wildman–Crippen MR) is 87.5 cm³/mol. The number of hydrogen-bond acceptors (Lipinski definition) is 3. The van der Waals surface area contributed by atoms with Crippen LogP contribution in [0.4, 0.5) is 0 Å². The molecule has 0 aliphatic heterocycles. The highest BCUT2D eigenvalue weighted by atomic mass is 31.1. The lowest BCUT2D eigenvalue weighted by atomic mass is 9.90. The second kappa shape index (κ2) is 9.97. The van der Waals surface area contributed by atoms with Gasteiger partial charge in [-0.3, -0.25) is 4.57 Å². The van der Waals surface area contributed by atoms with E-state index in [1.165, 1.54) is 12.8 Å². The first-order valence-electron chi connectivity index (χ1n) is 7.90. The Balaban J connectivity index is 3.38. The molecule has 122 valence electrons. The second-order valence-electron chi connectivity index (χ2n) is 7.98. The molecular weight excluding hydrogens is 271 g/mol. The molecule has 0 rings (SSSR count). The summed E-state index contributed by atoms with van der Waals surface area (Å²) < 4.78 is 22.0. The Morgan fingerprint density at radius 2 is 1.05 bits per heavy atom. The van der Waals surface area contributed by atoms with Gasteiger partial charge in [0.15, 0.2) is 0 Å². The van der Waals surface area contributed by atoms with Gasteiger partial charge in [0.2, 0.25) is 0 Å². The van der Waals surface area contributed by atoms with Crippen molar-refractivity contribution in [2.75, 3.05) is 13.2 Å². The molecule has 0 unspecified atom stereocenters. The quantitative estimate of drug-likeness (QED) is 0.375. The minimum Gasteiger partial charge on any atom is -0.311 e. The Labute approximate surface area is 126 Å². The van der Waals surface area contributed by atoms with Crippen LogP contribution in [0.15, 0.2) is 0 Å². The first kappa shape index (κ1) is 20.1. The summed E-state index contributed by atoms with van der Waals surface area (Å²) in [5.74, 6) is 0. The van der Waals surface area contributed by atoms with Gasteiger partial charge in [0.05, 0.1) is 13.2 Å². The average molecular weight is 306 g/mol. The van der Waals surface area contributed by atoms with Gasteiger partial charge in [0.1, 0.15) is 0 Å². The Bertz CT molecular complexity index is 238. The minimum absolute atomic E-state index is 0.370. The lowest BCUT2D eigenvalue weighted by molar-refractivity contribution is 0.212. The molecule has 3 nitrogen and oxygen atoms in total. The number of hydrogen-bond donors (Lipinski definition) is 0. The zero-order valence-corrected chi connectivity index (χ0v) is 15.4. The van der Waals surface area contributed by atoms with Crippen LogP contribution in [0, 0.1) is 10.8 Å². The average Bonchev–Trinajstić information content (AvgIpc) is 2.25. The molecule has 0 spiro atoms. The molecule has 0 amide bonds. The molecule has 0 aliphatic rings. The first-order valence-corrected chi connectivity index (χ1v) is 9.12. The summed E-state index contributed by atoms with van der Waals surface area (Å²) >= 11 is 0. The van der Waals surface area contributed by atoms with Crippen molar-refractivity contribution >= 4 is 8.25 Å². The van der Waals surface area contributed by atoms with Crippen LogP contribution in [0.2, 0.25) is 0 Å². The fourth-order valence-electron chi connectivity index (χ4n) is 1.87. The third kappa shape index (κ3) is 16.2. The molecule has 0 heterocycles.